The highest BCUT2D eigenvalue weighted by Gasteiger charge is 2.20. The number of benzene rings is 1. The Balaban J connectivity index is 1.40. The predicted molar refractivity (Wildman–Crippen MR) is 140 cm³/mol. The minimum Gasteiger partial charge on any atom is -0.355 e. The summed E-state index contributed by atoms with van der Waals surface area (Å²) in [7, 11) is 0. The van der Waals surface area contributed by atoms with Crippen molar-refractivity contribution in [2.75, 3.05) is 6.54 Å². The van der Waals surface area contributed by atoms with Crippen molar-refractivity contribution in [1.82, 2.24) is 20.0 Å². The zero-order valence-electron chi connectivity index (χ0n) is 20.6. The maximum Gasteiger partial charge on any atom is 0.268 e. The molecule has 1 aliphatic carbocycles. The number of hydrogen-bond donors (Lipinski definition) is 2. The minimum absolute atomic E-state index is 0.0793. The summed E-state index contributed by atoms with van der Waals surface area (Å²) in [4.78, 5) is 30.3. The van der Waals surface area contributed by atoms with Crippen LogP contribution in [0.15, 0.2) is 48.7 Å². The SMILES string of the molecule is CC(C)CC(CNC(=O)Cc1cn2c(C(=O)NC3CCCCC3)cccc2n1)c1ccc(Cl)cc1. The van der Waals surface area contributed by atoms with Gasteiger partial charge in [-0.25, -0.2) is 4.98 Å². The van der Waals surface area contributed by atoms with E-state index in [9.17, 15) is 9.59 Å². The molecule has 0 radical (unpaired) electrons. The molecular weight excluding hydrogens is 460 g/mol. The third-order valence-corrected chi connectivity index (χ3v) is 6.95. The van der Waals surface area contributed by atoms with Gasteiger partial charge in [-0.15, -0.1) is 0 Å². The molecule has 6 nitrogen and oxygen atoms in total. The molecule has 0 saturated heterocycles. The highest BCUT2D eigenvalue weighted by atomic mass is 35.5. The molecule has 2 amide bonds. The van der Waals surface area contributed by atoms with Gasteiger partial charge in [0, 0.05) is 29.7 Å². The van der Waals surface area contributed by atoms with E-state index in [1.165, 1.54) is 12.0 Å². The Morgan fingerprint density at radius 3 is 2.54 bits per heavy atom. The fourth-order valence-corrected chi connectivity index (χ4v) is 5.07. The van der Waals surface area contributed by atoms with Crippen molar-refractivity contribution in [3.63, 3.8) is 0 Å². The summed E-state index contributed by atoms with van der Waals surface area (Å²) < 4.78 is 1.79. The molecule has 3 aromatic rings. The minimum atomic E-state index is -0.0876. The van der Waals surface area contributed by atoms with Gasteiger partial charge in [0.15, 0.2) is 0 Å². The van der Waals surface area contributed by atoms with Crippen molar-refractivity contribution < 1.29 is 9.59 Å². The van der Waals surface area contributed by atoms with Gasteiger partial charge in [-0.3, -0.25) is 14.0 Å². The number of hydrogen-bond acceptors (Lipinski definition) is 3. The standard InChI is InChI=1S/C28H35ClN4O2/c1-19(2)15-21(20-11-13-22(29)14-12-20)17-30-27(34)16-24-18-33-25(9-6-10-26(33)31-24)28(35)32-23-7-4-3-5-8-23/h6,9-14,18-19,21,23H,3-5,7-8,15-17H2,1-2H3,(H,30,34)(H,32,35). The molecule has 1 saturated carbocycles. The van der Waals surface area contributed by atoms with Gasteiger partial charge >= 0.3 is 0 Å². The average molecular weight is 495 g/mol. The first-order valence-corrected chi connectivity index (χ1v) is 13.1. The van der Waals surface area contributed by atoms with E-state index in [0.717, 1.165) is 32.1 Å². The largest absolute Gasteiger partial charge is 0.355 e. The van der Waals surface area contributed by atoms with Crippen LogP contribution in [-0.4, -0.2) is 33.8 Å². The van der Waals surface area contributed by atoms with Crippen molar-refractivity contribution in [1.29, 1.82) is 0 Å². The maximum absolute atomic E-state index is 12.9. The number of carbonyl (C=O) groups is 2. The molecule has 2 N–H and O–H groups in total. The molecule has 2 heterocycles. The molecule has 1 fully saturated rings. The lowest BCUT2D eigenvalue weighted by atomic mass is 9.90. The number of nitrogens with zero attached hydrogens (tertiary/aromatic N) is 2. The molecule has 186 valence electrons. The number of rotatable bonds is 9. The van der Waals surface area contributed by atoms with Gasteiger partial charge in [0.05, 0.1) is 12.1 Å². The lowest BCUT2D eigenvalue weighted by Crippen LogP contribution is -2.36. The Kier molecular flexibility index (Phi) is 8.45. The molecule has 1 unspecified atom stereocenters. The molecule has 1 aromatic carbocycles. The summed E-state index contributed by atoms with van der Waals surface area (Å²) >= 11 is 6.05. The van der Waals surface area contributed by atoms with Crippen LogP contribution in [0.1, 0.15) is 80.0 Å². The summed E-state index contributed by atoms with van der Waals surface area (Å²) in [5, 5.41) is 6.96. The summed E-state index contributed by atoms with van der Waals surface area (Å²) in [6.07, 6.45) is 8.57. The number of aromatic nitrogens is 2. The van der Waals surface area contributed by atoms with Crippen molar-refractivity contribution in [3.8, 4) is 0 Å². The first-order chi connectivity index (χ1) is 16.9. The number of pyridine rings is 1. The normalized spacial score (nSPS) is 15.3. The molecular formula is C28H35ClN4O2. The van der Waals surface area contributed by atoms with Crippen LogP contribution in [0, 0.1) is 5.92 Å². The van der Waals surface area contributed by atoms with Gasteiger partial charge in [0.1, 0.15) is 11.3 Å². The molecule has 1 aliphatic rings. The molecule has 7 heteroatoms. The number of imidazole rings is 1. The van der Waals surface area contributed by atoms with Crippen LogP contribution in [0.4, 0.5) is 0 Å². The van der Waals surface area contributed by atoms with E-state index in [1.54, 1.807) is 16.7 Å². The molecule has 2 aromatic heterocycles. The summed E-state index contributed by atoms with van der Waals surface area (Å²) in [6.45, 7) is 4.92. The molecule has 1 atom stereocenters. The quantitative estimate of drug-likeness (QED) is 0.410. The number of carbonyl (C=O) groups excluding carboxylic acids is 2. The van der Waals surface area contributed by atoms with Crippen molar-refractivity contribution in [2.45, 2.75) is 70.8 Å². The molecule has 35 heavy (non-hydrogen) atoms. The maximum atomic E-state index is 12.9. The van der Waals surface area contributed by atoms with Gasteiger partial charge < -0.3 is 10.6 Å². The van der Waals surface area contributed by atoms with E-state index in [1.807, 2.05) is 36.4 Å². The third kappa shape index (κ3) is 6.85. The van der Waals surface area contributed by atoms with Gasteiger partial charge in [-0.2, -0.15) is 0 Å². The number of fused-ring (bicyclic) bond motifs is 1. The zero-order chi connectivity index (χ0) is 24.8. The second-order valence-electron chi connectivity index (χ2n) is 10.0. The van der Waals surface area contributed by atoms with Crippen LogP contribution in [0.3, 0.4) is 0 Å². The number of halogens is 1. The average Bonchev–Trinajstić information content (AvgIpc) is 3.25. The predicted octanol–water partition coefficient (Wildman–Crippen LogP) is 5.54. The highest BCUT2D eigenvalue weighted by molar-refractivity contribution is 6.30. The summed E-state index contributed by atoms with van der Waals surface area (Å²) in [5.41, 5.74) is 3.03. The van der Waals surface area contributed by atoms with E-state index < -0.39 is 0 Å². The van der Waals surface area contributed by atoms with Gasteiger partial charge in [0.25, 0.3) is 5.91 Å². The Morgan fingerprint density at radius 1 is 1.09 bits per heavy atom. The fraction of sp³-hybridized carbons (Fsp3) is 0.464. The van der Waals surface area contributed by atoms with E-state index in [0.29, 0.717) is 34.5 Å². The monoisotopic (exact) mass is 494 g/mol. The van der Waals surface area contributed by atoms with E-state index >= 15 is 0 Å². The van der Waals surface area contributed by atoms with Crippen LogP contribution in [0.25, 0.3) is 5.65 Å². The third-order valence-electron chi connectivity index (χ3n) is 6.70. The fourth-order valence-electron chi connectivity index (χ4n) is 4.94. The summed E-state index contributed by atoms with van der Waals surface area (Å²) in [6, 6.07) is 13.6. The van der Waals surface area contributed by atoms with Crippen molar-refractivity contribution in [2.24, 2.45) is 5.92 Å². The van der Waals surface area contributed by atoms with Gasteiger partial charge in [-0.05, 0) is 55.0 Å². The molecule has 0 spiro atoms. The van der Waals surface area contributed by atoms with Crippen molar-refractivity contribution in [3.05, 3.63) is 70.6 Å². The van der Waals surface area contributed by atoms with Crippen LogP contribution >= 0.6 is 11.6 Å². The van der Waals surface area contributed by atoms with Crippen LogP contribution in [0.5, 0.6) is 0 Å². The van der Waals surface area contributed by atoms with E-state index in [-0.39, 0.29) is 30.2 Å². The van der Waals surface area contributed by atoms with E-state index in [2.05, 4.69) is 29.5 Å². The number of nitrogens with one attached hydrogen (secondary N) is 2. The van der Waals surface area contributed by atoms with Gasteiger partial charge in [0.2, 0.25) is 5.91 Å². The van der Waals surface area contributed by atoms with Gasteiger partial charge in [-0.1, -0.05) is 62.9 Å². The number of amides is 2. The first kappa shape index (κ1) is 25.2. The molecule has 4 rings (SSSR count). The zero-order valence-corrected chi connectivity index (χ0v) is 21.4. The highest BCUT2D eigenvalue weighted by Crippen LogP contribution is 2.25. The smallest absolute Gasteiger partial charge is 0.268 e. The topological polar surface area (TPSA) is 75.5 Å². The van der Waals surface area contributed by atoms with Crippen LogP contribution < -0.4 is 10.6 Å². The Bertz CT molecular complexity index is 1150. The first-order valence-electron chi connectivity index (χ1n) is 12.7. The molecule has 0 bridgehead atoms. The van der Waals surface area contributed by atoms with Crippen LogP contribution in [-0.2, 0) is 11.2 Å². The Hall–Kier alpha value is -2.86. The Labute approximate surface area is 212 Å². The second kappa shape index (κ2) is 11.7. The Morgan fingerprint density at radius 2 is 1.83 bits per heavy atom. The van der Waals surface area contributed by atoms with Crippen LogP contribution in [0.2, 0.25) is 5.02 Å². The second-order valence-corrected chi connectivity index (χ2v) is 10.5. The lowest BCUT2D eigenvalue weighted by Gasteiger charge is -2.22. The molecule has 0 aliphatic heterocycles. The summed E-state index contributed by atoms with van der Waals surface area (Å²) in [5.74, 6) is 0.552. The van der Waals surface area contributed by atoms with Crippen molar-refractivity contribution >= 4 is 29.1 Å². The van der Waals surface area contributed by atoms with E-state index in [4.69, 9.17) is 11.6 Å². The lowest BCUT2D eigenvalue weighted by molar-refractivity contribution is -0.120.